The standard InChI is InChI=1S/C15H16ClNO/c1-9-7-11-8-12(16)3-4-13(11)17-6-5-14(18)10(2)15(9)17/h3-6,8-10,15H,7H2,1-2H3/t9-,10-,15-/m0/s1. The van der Waals surface area contributed by atoms with Crippen molar-refractivity contribution in [2.45, 2.75) is 26.3 Å². The molecule has 3 rings (SSSR count). The Morgan fingerprint density at radius 3 is 2.89 bits per heavy atom. The Bertz CT molecular complexity index is 537. The number of allylic oxidation sites excluding steroid dienone is 1. The second-order valence-corrected chi connectivity index (χ2v) is 5.80. The van der Waals surface area contributed by atoms with Crippen molar-refractivity contribution in [2.75, 3.05) is 4.90 Å². The van der Waals surface area contributed by atoms with Gasteiger partial charge in [0, 0.05) is 28.9 Å². The van der Waals surface area contributed by atoms with Gasteiger partial charge in [0.2, 0.25) is 0 Å². The van der Waals surface area contributed by atoms with Crippen molar-refractivity contribution in [3.63, 3.8) is 0 Å². The molecule has 0 saturated carbocycles. The number of nitrogens with zero attached hydrogens (tertiary/aromatic N) is 1. The quantitative estimate of drug-likeness (QED) is 0.713. The first-order valence-corrected chi connectivity index (χ1v) is 6.74. The number of fused-ring (bicyclic) bond motifs is 3. The first-order valence-electron chi connectivity index (χ1n) is 6.36. The highest BCUT2D eigenvalue weighted by Crippen LogP contribution is 2.40. The van der Waals surface area contributed by atoms with Crippen LogP contribution in [0, 0.1) is 11.8 Å². The van der Waals surface area contributed by atoms with Gasteiger partial charge in [-0.2, -0.15) is 0 Å². The van der Waals surface area contributed by atoms with Crippen LogP contribution in [0.1, 0.15) is 19.4 Å². The summed E-state index contributed by atoms with van der Waals surface area (Å²) in [6.45, 7) is 4.24. The molecule has 2 heterocycles. The van der Waals surface area contributed by atoms with Crippen LogP contribution in [0.25, 0.3) is 0 Å². The van der Waals surface area contributed by atoms with Crippen LogP contribution in [0.3, 0.4) is 0 Å². The lowest BCUT2D eigenvalue weighted by Gasteiger charge is -2.45. The van der Waals surface area contributed by atoms with E-state index >= 15 is 0 Å². The van der Waals surface area contributed by atoms with Crippen LogP contribution in [-0.2, 0) is 11.2 Å². The van der Waals surface area contributed by atoms with E-state index in [1.807, 2.05) is 25.3 Å². The van der Waals surface area contributed by atoms with E-state index in [4.69, 9.17) is 11.6 Å². The molecule has 0 bridgehead atoms. The van der Waals surface area contributed by atoms with Crippen molar-refractivity contribution in [2.24, 2.45) is 11.8 Å². The summed E-state index contributed by atoms with van der Waals surface area (Å²) in [5.74, 6) is 0.759. The third kappa shape index (κ3) is 1.67. The minimum Gasteiger partial charge on any atom is -0.344 e. The summed E-state index contributed by atoms with van der Waals surface area (Å²) in [4.78, 5) is 14.1. The van der Waals surface area contributed by atoms with Gasteiger partial charge in [0.1, 0.15) is 0 Å². The lowest BCUT2D eigenvalue weighted by molar-refractivity contribution is -0.119. The van der Waals surface area contributed by atoms with E-state index in [1.54, 1.807) is 6.08 Å². The van der Waals surface area contributed by atoms with Crippen molar-refractivity contribution in [3.8, 4) is 0 Å². The Morgan fingerprint density at radius 2 is 2.11 bits per heavy atom. The molecule has 0 radical (unpaired) electrons. The van der Waals surface area contributed by atoms with Crippen molar-refractivity contribution >= 4 is 23.1 Å². The van der Waals surface area contributed by atoms with E-state index in [0.717, 1.165) is 11.4 Å². The zero-order chi connectivity index (χ0) is 12.9. The molecular weight excluding hydrogens is 246 g/mol. The van der Waals surface area contributed by atoms with Crippen LogP contribution >= 0.6 is 11.6 Å². The molecule has 0 aromatic heterocycles. The van der Waals surface area contributed by atoms with Crippen LogP contribution in [0.5, 0.6) is 0 Å². The number of carbonyl (C=O) groups excluding carboxylic acids is 1. The summed E-state index contributed by atoms with van der Waals surface area (Å²) in [7, 11) is 0. The monoisotopic (exact) mass is 261 g/mol. The Morgan fingerprint density at radius 1 is 1.33 bits per heavy atom. The summed E-state index contributed by atoms with van der Waals surface area (Å²) >= 11 is 6.06. The molecule has 0 N–H and O–H groups in total. The highest BCUT2D eigenvalue weighted by atomic mass is 35.5. The Kier molecular flexibility index (Phi) is 2.70. The van der Waals surface area contributed by atoms with Gasteiger partial charge in [-0.3, -0.25) is 4.79 Å². The maximum absolute atomic E-state index is 11.8. The molecule has 0 unspecified atom stereocenters. The molecule has 1 aromatic carbocycles. The number of benzene rings is 1. The number of halogens is 1. The van der Waals surface area contributed by atoms with Gasteiger partial charge in [0.25, 0.3) is 0 Å². The molecule has 2 aliphatic rings. The third-order valence-corrected chi connectivity index (χ3v) is 4.36. The average Bonchev–Trinajstić information content (AvgIpc) is 2.32. The molecule has 0 fully saturated rings. The van der Waals surface area contributed by atoms with Gasteiger partial charge in [0.15, 0.2) is 5.78 Å². The van der Waals surface area contributed by atoms with Crippen molar-refractivity contribution in [1.82, 2.24) is 0 Å². The molecule has 0 amide bonds. The van der Waals surface area contributed by atoms with E-state index in [1.165, 1.54) is 11.3 Å². The smallest absolute Gasteiger partial charge is 0.162 e. The normalized spacial score (nSPS) is 30.1. The fourth-order valence-corrected chi connectivity index (χ4v) is 3.45. The van der Waals surface area contributed by atoms with E-state index in [2.05, 4.69) is 17.9 Å². The maximum atomic E-state index is 11.8. The molecule has 1 aromatic rings. The molecular formula is C15H16ClNO. The zero-order valence-electron chi connectivity index (χ0n) is 10.6. The lowest BCUT2D eigenvalue weighted by atomic mass is 9.78. The zero-order valence-corrected chi connectivity index (χ0v) is 11.3. The van der Waals surface area contributed by atoms with Gasteiger partial charge in [-0.1, -0.05) is 25.4 Å². The minimum absolute atomic E-state index is 0.0637. The summed E-state index contributed by atoms with van der Waals surface area (Å²) in [5, 5.41) is 0.782. The summed E-state index contributed by atoms with van der Waals surface area (Å²) < 4.78 is 0. The average molecular weight is 262 g/mol. The SMILES string of the molecule is C[C@H]1Cc2cc(Cl)ccc2N2C=CC(=O)[C@H](C)[C@H]12. The number of anilines is 1. The first kappa shape index (κ1) is 11.8. The highest BCUT2D eigenvalue weighted by Gasteiger charge is 2.38. The number of rotatable bonds is 0. The number of ketones is 1. The molecule has 3 heteroatoms. The number of hydrogen-bond acceptors (Lipinski definition) is 2. The minimum atomic E-state index is 0.0637. The number of hydrogen-bond donors (Lipinski definition) is 0. The van der Waals surface area contributed by atoms with Crippen molar-refractivity contribution in [3.05, 3.63) is 41.1 Å². The molecule has 0 saturated heterocycles. The Hall–Kier alpha value is -1.28. The van der Waals surface area contributed by atoms with Crippen LogP contribution in [0.2, 0.25) is 5.02 Å². The van der Waals surface area contributed by atoms with Crippen molar-refractivity contribution < 1.29 is 4.79 Å². The van der Waals surface area contributed by atoms with Crippen LogP contribution < -0.4 is 4.90 Å². The van der Waals surface area contributed by atoms with Crippen LogP contribution in [-0.4, -0.2) is 11.8 Å². The lowest BCUT2D eigenvalue weighted by Crippen LogP contribution is -2.49. The second-order valence-electron chi connectivity index (χ2n) is 5.36. The summed E-state index contributed by atoms with van der Waals surface area (Å²) in [6.07, 6.45) is 4.61. The predicted octanol–water partition coefficient (Wildman–Crippen LogP) is 3.44. The molecule has 3 atom stereocenters. The van der Waals surface area contributed by atoms with Crippen LogP contribution in [0.15, 0.2) is 30.5 Å². The van der Waals surface area contributed by atoms with E-state index < -0.39 is 0 Å². The fourth-order valence-electron chi connectivity index (χ4n) is 3.26. The Labute approximate surface area is 112 Å². The van der Waals surface area contributed by atoms with E-state index in [9.17, 15) is 4.79 Å². The first-order chi connectivity index (χ1) is 8.58. The summed E-state index contributed by atoms with van der Waals surface area (Å²) in [5.41, 5.74) is 2.47. The molecule has 94 valence electrons. The molecule has 2 nitrogen and oxygen atoms in total. The largest absolute Gasteiger partial charge is 0.344 e. The van der Waals surface area contributed by atoms with Gasteiger partial charge in [-0.05, 0) is 42.2 Å². The number of carbonyl (C=O) groups is 1. The van der Waals surface area contributed by atoms with Gasteiger partial charge in [-0.25, -0.2) is 0 Å². The van der Waals surface area contributed by atoms with Gasteiger partial charge in [0.05, 0.1) is 0 Å². The van der Waals surface area contributed by atoms with E-state index in [0.29, 0.717) is 5.92 Å². The summed E-state index contributed by atoms with van der Waals surface area (Å²) in [6, 6.07) is 6.29. The molecule has 0 aliphatic carbocycles. The fraction of sp³-hybridized carbons (Fsp3) is 0.400. The highest BCUT2D eigenvalue weighted by molar-refractivity contribution is 6.30. The van der Waals surface area contributed by atoms with Gasteiger partial charge in [-0.15, -0.1) is 0 Å². The van der Waals surface area contributed by atoms with Gasteiger partial charge >= 0.3 is 0 Å². The van der Waals surface area contributed by atoms with Crippen LogP contribution in [0.4, 0.5) is 5.69 Å². The molecule has 2 aliphatic heterocycles. The van der Waals surface area contributed by atoms with E-state index in [-0.39, 0.29) is 17.7 Å². The molecule has 0 spiro atoms. The predicted molar refractivity (Wildman–Crippen MR) is 73.9 cm³/mol. The second kappa shape index (κ2) is 4.13. The van der Waals surface area contributed by atoms with Gasteiger partial charge < -0.3 is 4.90 Å². The maximum Gasteiger partial charge on any atom is 0.162 e. The topological polar surface area (TPSA) is 20.3 Å². The Balaban J connectivity index is 2.12. The molecule has 18 heavy (non-hydrogen) atoms. The van der Waals surface area contributed by atoms with Crippen molar-refractivity contribution in [1.29, 1.82) is 0 Å². The third-order valence-electron chi connectivity index (χ3n) is 4.13.